The number of benzene rings is 4. The lowest BCUT2D eigenvalue weighted by molar-refractivity contribution is 0.111. The fourth-order valence-electron chi connectivity index (χ4n) is 5.18. The second-order valence-corrected chi connectivity index (χ2v) is 11.9. The smallest absolute Gasteiger partial charge is 0.150 e. The highest BCUT2D eigenvalue weighted by Crippen LogP contribution is 2.47. The van der Waals surface area contributed by atoms with Crippen LogP contribution in [0, 0.1) is 0 Å². The third-order valence-electron chi connectivity index (χ3n) is 7.06. The van der Waals surface area contributed by atoms with Gasteiger partial charge in [-0.05, 0) is 85.3 Å². The molecule has 2 aliphatic heterocycles. The minimum atomic E-state index is 0.735. The van der Waals surface area contributed by atoms with Crippen LogP contribution in [0.2, 0.25) is 0 Å². The highest BCUT2D eigenvalue weighted by molar-refractivity contribution is 8.00. The first kappa shape index (κ1) is 24.8. The minimum Gasteiger partial charge on any atom is -0.353 e. The zero-order valence-electron chi connectivity index (χ0n) is 21.0. The summed E-state index contributed by atoms with van der Waals surface area (Å²) in [6, 6.07) is 24.6. The van der Waals surface area contributed by atoms with Crippen molar-refractivity contribution in [1.82, 2.24) is 0 Å². The number of aldehydes is 2. The summed E-state index contributed by atoms with van der Waals surface area (Å²) in [5, 5.41) is 7.21. The summed E-state index contributed by atoms with van der Waals surface area (Å²) < 4.78 is 0. The Labute approximate surface area is 231 Å². The van der Waals surface area contributed by atoms with Gasteiger partial charge in [0.05, 0.1) is 22.7 Å². The monoisotopic (exact) mass is 536 g/mol. The average Bonchev–Trinajstić information content (AvgIpc) is 2.96. The van der Waals surface area contributed by atoms with E-state index in [1.54, 1.807) is 23.5 Å². The molecule has 6 heteroatoms. The second-order valence-electron chi connectivity index (χ2n) is 9.70. The molecule has 0 atom stereocenters. The van der Waals surface area contributed by atoms with Crippen LogP contribution in [0.1, 0.15) is 57.5 Å². The third kappa shape index (κ3) is 5.11. The highest BCUT2D eigenvalue weighted by Gasteiger charge is 2.20. The van der Waals surface area contributed by atoms with E-state index in [1.807, 2.05) is 48.5 Å². The van der Waals surface area contributed by atoms with Crippen molar-refractivity contribution in [3.05, 3.63) is 95.1 Å². The van der Waals surface area contributed by atoms with E-state index in [-0.39, 0.29) is 0 Å². The van der Waals surface area contributed by atoms with E-state index in [4.69, 9.17) is 0 Å². The number of aryl methyl sites for hydroxylation is 2. The van der Waals surface area contributed by atoms with Gasteiger partial charge < -0.3 is 10.6 Å². The van der Waals surface area contributed by atoms with Crippen LogP contribution in [-0.2, 0) is 12.8 Å². The molecule has 0 saturated heterocycles. The molecule has 0 radical (unpaired) electrons. The molecular weight excluding hydrogens is 508 g/mol. The third-order valence-corrected chi connectivity index (χ3v) is 9.30. The lowest BCUT2D eigenvalue weighted by atomic mass is 9.99. The summed E-state index contributed by atoms with van der Waals surface area (Å²) in [6.07, 6.45) is 8.13. The Balaban J connectivity index is 1.08. The van der Waals surface area contributed by atoms with Gasteiger partial charge in [-0.15, -0.1) is 0 Å². The maximum Gasteiger partial charge on any atom is 0.150 e. The molecule has 0 aliphatic carbocycles. The molecule has 0 spiro atoms. The molecular formula is C32H28N2O2S2. The normalized spacial score (nSPS) is 12.7. The molecule has 2 N–H and O–H groups in total. The van der Waals surface area contributed by atoms with Crippen molar-refractivity contribution in [2.24, 2.45) is 0 Å². The molecule has 0 aromatic heterocycles. The molecule has 2 aliphatic rings. The van der Waals surface area contributed by atoms with Crippen molar-refractivity contribution in [3.63, 3.8) is 0 Å². The van der Waals surface area contributed by atoms with E-state index in [0.29, 0.717) is 0 Å². The van der Waals surface area contributed by atoms with Gasteiger partial charge in [0, 0.05) is 30.7 Å². The number of hydrogen-bond acceptors (Lipinski definition) is 6. The van der Waals surface area contributed by atoms with Crippen molar-refractivity contribution in [2.75, 3.05) is 10.6 Å². The van der Waals surface area contributed by atoms with Gasteiger partial charge in [-0.2, -0.15) is 0 Å². The standard InChI is InChI=1S/C32H28N2O2S2/c35-19-21-15-23(31-29(17-21)37-27-13-7-5-11-25(27)33-31)9-3-1-2-4-10-24-16-22(20-36)18-30-32(24)34-26-12-6-8-14-28(26)38-30/h5-8,11-20,33-34H,1-4,9-10H2. The minimum absolute atomic E-state index is 0.735. The molecule has 4 aromatic carbocycles. The number of para-hydroxylation sites is 2. The van der Waals surface area contributed by atoms with Crippen molar-refractivity contribution in [1.29, 1.82) is 0 Å². The van der Waals surface area contributed by atoms with Gasteiger partial charge in [-0.3, -0.25) is 9.59 Å². The van der Waals surface area contributed by atoms with E-state index >= 15 is 0 Å². The Morgan fingerprint density at radius 1 is 0.553 bits per heavy atom. The summed E-state index contributed by atoms with van der Waals surface area (Å²) in [7, 11) is 0. The summed E-state index contributed by atoms with van der Waals surface area (Å²) in [4.78, 5) is 27.8. The van der Waals surface area contributed by atoms with Crippen molar-refractivity contribution in [2.45, 2.75) is 58.1 Å². The number of nitrogens with one attached hydrogen (secondary N) is 2. The van der Waals surface area contributed by atoms with Crippen molar-refractivity contribution < 1.29 is 9.59 Å². The van der Waals surface area contributed by atoms with E-state index in [9.17, 15) is 9.59 Å². The van der Waals surface area contributed by atoms with Crippen molar-refractivity contribution in [3.8, 4) is 0 Å². The molecule has 0 bridgehead atoms. The zero-order chi connectivity index (χ0) is 25.9. The van der Waals surface area contributed by atoms with E-state index in [2.05, 4.69) is 34.9 Å². The molecule has 4 aromatic rings. The molecule has 0 unspecified atom stereocenters. The highest BCUT2D eigenvalue weighted by atomic mass is 32.2. The van der Waals surface area contributed by atoms with Gasteiger partial charge in [0.1, 0.15) is 12.6 Å². The molecule has 38 heavy (non-hydrogen) atoms. The Hall–Kier alpha value is -3.48. The fourth-order valence-corrected chi connectivity index (χ4v) is 7.36. The van der Waals surface area contributed by atoms with Gasteiger partial charge in [0.15, 0.2) is 0 Å². The first-order chi connectivity index (χ1) is 18.7. The maximum absolute atomic E-state index is 11.6. The molecule has 190 valence electrons. The number of hydrogen-bond donors (Lipinski definition) is 2. The SMILES string of the molecule is O=Cc1cc(CCCCCCc2cc(C=O)cc3c2Nc2ccccc2S3)c2c(c1)Sc1ccccc1N2. The molecule has 2 heterocycles. The molecule has 0 fully saturated rings. The number of rotatable bonds is 9. The number of fused-ring (bicyclic) bond motifs is 4. The molecule has 6 rings (SSSR count). The van der Waals surface area contributed by atoms with Crippen LogP contribution >= 0.6 is 23.5 Å². The van der Waals surface area contributed by atoms with Gasteiger partial charge in [-0.25, -0.2) is 0 Å². The summed E-state index contributed by atoms with van der Waals surface area (Å²) in [5.41, 5.74) is 8.42. The Kier molecular flexibility index (Phi) is 7.25. The maximum atomic E-state index is 11.6. The van der Waals surface area contributed by atoms with Crippen LogP contribution in [-0.4, -0.2) is 12.6 Å². The topological polar surface area (TPSA) is 58.2 Å². The van der Waals surface area contributed by atoms with E-state index in [0.717, 1.165) is 94.8 Å². The Morgan fingerprint density at radius 2 is 1.00 bits per heavy atom. The summed E-state index contributed by atoms with van der Waals surface area (Å²) in [6.45, 7) is 0. The van der Waals surface area contributed by atoms with Gasteiger partial charge in [0.25, 0.3) is 0 Å². The van der Waals surface area contributed by atoms with Crippen LogP contribution in [0.5, 0.6) is 0 Å². The predicted octanol–water partition coefficient (Wildman–Crippen LogP) is 9.07. The lowest BCUT2D eigenvalue weighted by Crippen LogP contribution is -2.05. The Morgan fingerprint density at radius 3 is 1.45 bits per heavy atom. The number of carbonyl (C=O) groups excluding carboxylic acids is 2. The number of unbranched alkanes of at least 4 members (excludes halogenated alkanes) is 3. The van der Waals surface area contributed by atoms with Crippen LogP contribution < -0.4 is 10.6 Å². The predicted molar refractivity (Wildman–Crippen MR) is 157 cm³/mol. The van der Waals surface area contributed by atoms with Crippen LogP contribution in [0.4, 0.5) is 22.7 Å². The first-order valence-corrected chi connectivity index (χ1v) is 14.7. The number of anilines is 4. The Bertz CT molecular complexity index is 1420. The summed E-state index contributed by atoms with van der Waals surface area (Å²) >= 11 is 3.45. The van der Waals surface area contributed by atoms with Crippen LogP contribution in [0.15, 0.2) is 92.4 Å². The molecule has 4 nitrogen and oxygen atoms in total. The van der Waals surface area contributed by atoms with Crippen LogP contribution in [0.3, 0.4) is 0 Å². The van der Waals surface area contributed by atoms with Gasteiger partial charge in [0.2, 0.25) is 0 Å². The van der Waals surface area contributed by atoms with Gasteiger partial charge >= 0.3 is 0 Å². The van der Waals surface area contributed by atoms with E-state index in [1.165, 1.54) is 20.9 Å². The van der Waals surface area contributed by atoms with Crippen LogP contribution in [0.25, 0.3) is 0 Å². The number of carbonyl (C=O) groups is 2. The summed E-state index contributed by atoms with van der Waals surface area (Å²) in [5.74, 6) is 0. The van der Waals surface area contributed by atoms with Crippen molar-refractivity contribution >= 4 is 58.8 Å². The zero-order valence-corrected chi connectivity index (χ0v) is 22.6. The lowest BCUT2D eigenvalue weighted by Gasteiger charge is -2.24. The molecule has 0 saturated carbocycles. The first-order valence-electron chi connectivity index (χ1n) is 13.0. The van der Waals surface area contributed by atoms with E-state index < -0.39 is 0 Å². The second kappa shape index (κ2) is 11.1. The fraction of sp³-hybridized carbons (Fsp3) is 0.188. The largest absolute Gasteiger partial charge is 0.353 e. The van der Waals surface area contributed by atoms with Gasteiger partial charge in [-0.1, -0.05) is 60.6 Å². The average molecular weight is 537 g/mol. The molecule has 0 amide bonds. The quantitative estimate of drug-likeness (QED) is 0.142.